The van der Waals surface area contributed by atoms with E-state index in [-0.39, 0.29) is 17.0 Å². The number of β-amino-alcohol motifs (C(OH)–C–C–N with tert-alkyl or cyclic N) is 1. The molecule has 0 aromatic carbocycles. The van der Waals surface area contributed by atoms with E-state index < -0.39 is 6.10 Å². The van der Waals surface area contributed by atoms with Gasteiger partial charge in [-0.1, -0.05) is 0 Å². The van der Waals surface area contributed by atoms with Gasteiger partial charge in [-0.3, -0.25) is 9.59 Å². The number of aryl methyl sites for hydroxylation is 1. The van der Waals surface area contributed by atoms with E-state index in [0.717, 1.165) is 12.8 Å². The number of aliphatic hydroxyl groups excluding tert-OH is 1. The lowest BCUT2D eigenvalue weighted by atomic mass is 10.2. The number of aromatic amines is 1. The van der Waals surface area contributed by atoms with Crippen molar-refractivity contribution in [3.8, 4) is 0 Å². The van der Waals surface area contributed by atoms with Gasteiger partial charge < -0.3 is 15.0 Å². The van der Waals surface area contributed by atoms with Crippen LogP contribution in [-0.4, -0.2) is 45.1 Å². The molecule has 102 valence electrons. The van der Waals surface area contributed by atoms with Gasteiger partial charge in [0.05, 0.1) is 11.8 Å². The highest BCUT2D eigenvalue weighted by atomic mass is 16.3. The minimum atomic E-state index is -0.484. The summed E-state index contributed by atoms with van der Waals surface area (Å²) in [4.78, 5) is 32.9. The summed E-state index contributed by atoms with van der Waals surface area (Å²) in [7, 11) is 0. The number of nitrogens with one attached hydrogen (secondary N) is 1. The van der Waals surface area contributed by atoms with Crippen LogP contribution in [0, 0.1) is 6.92 Å². The van der Waals surface area contributed by atoms with Crippen LogP contribution < -0.4 is 5.56 Å². The second-order valence-corrected chi connectivity index (χ2v) is 5.38. The summed E-state index contributed by atoms with van der Waals surface area (Å²) in [6.07, 6.45) is 2.18. The van der Waals surface area contributed by atoms with E-state index in [1.54, 1.807) is 6.92 Å². The van der Waals surface area contributed by atoms with Crippen LogP contribution in [0.5, 0.6) is 0 Å². The van der Waals surface area contributed by atoms with Gasteiger partial charge in [-0.15, -0.1) is 0 Å². The second-order valence-electron chi connectivity index (χ2n) is 5.38. The molecule has 1 unspecified atom stereocenters. The molecule has 0 bridgehead atoms. The van der Waals surface area contributed by atoms with Crippen molar-refractivity contribution in [3.63, 3.8) is 0 Å². The van der Waals surface area contributed by atoms with Gasteiger partial charge >= 0.3 is 0 Å². The zero-order chi connectivity index (χ0) is 13.6. The van der Waals surface area contributed by atoms with E-state index in [9.17, 15) is 14.7 Å². The first-order valence-corrected chi connectivity index (χ1v) is 6.64. The second kappa shape index (κ2) is 4.45. The number of nitrogens with zero attached hydrogens (tertiary/aromatic N) is 2. The molecule has 2 N–H and O–H groups in total. The van der Waals surface area contributed by atoms with Crippen LogP contribution >= 0.6 is 0 Å². The first-order valence-electron chi connectivity index (χ1n) is 6.64. The van der Waals surface area contributed by atoms with E-state index in [2.05, 4.69) is 9.97 Å². The summed E-state index contributed by atoms with van der Waals surface area (Å²) >= 11 is 0. The SMILES string of the molecule is Cc1nc(C2CC2)[nH]c(=O)c1C(=O)N1CCC(O)C1. The maximum atomic E-state index is 12.3. The Hall–Kier alpha value is -1.69. The van der Waals surface area contributed by atoms with Gasteiger partial charge in [0.2, 0.25) is 0 Å². The molecule has 19 heavy (non-hydrogen) atoms. The summed E-state index contributed by atoms with van der Waals surface area (Å²) < 4.78 is 0. The molecule has 2 fully saturated rings. The fourth-order valence-electron chi connectivity index (χ4n) is 2.49. The van der Waals surface area contributed by atoms with E-state index in [1.807, 2.05) is 0 Å². The van der Waals surface area contributed by atoms with Crippen LogP contribution in [0.2, 0.25) is 0 Å². The van der Waals surface area contributed by atoms with Crippen LogP contribution in [0.25, 0.3) is 0 Å². The first kappa shape index (κ1) is 12.3. The van der Waals surface area contributed by atoms with E-state index in [4.69, 9.17) is 0 Å². The lowest BCUT2D eigenvalue weighted by molar-refractivity contribution is 0.0762. The van der Waals surface area contributed by atoms with Crippen LogP contribution in [0.3, 0.4) is 0 Å². The van der Waals surface area contributed by atoms with Gasteiger partial charge in [0.1, 0.15) is 11.4 Å². The summed E-state index contributed by atoms with van der Waals surface area (Å²) in [6, 6.07) is 0. The van der Waals surface area contributed by atoms with Gasteiger partial charge in [0.25, 0.3) is 11.5 Å². The average Bonchev–Trinajstić information content (AvgIpc) is 3.11. The molecule has 1 saturated carbocycles. The molecular weight excluding hydrogens is 246 g/mol. The molecule has 2 aliphatic rings. The third-order valence-corrected chi connectivity index (χ3v) is 3.75. The number of aromatic nitrogens is 2. The van der Waals surface area contributed by atoms with Gasteiger partial charge in [-0.25, -0.2) is 4.98 Å². The Kier molecular flexibility index (Phi) is 2.89. The van der Waals surface area contributed by atoms with Crippen molar-refractivity contribution < 1.29 is 9.90 Å². The van der Waals surface area contributed by atoms with Crippen molar-refractivity contribution in [3.05, 3.63) is 27.4 Å². The zero-order valence-corrected chi connectivity index (χ0v) is 10.8. The number of H-pyrrole nitrogens is 1. The number of rotatable bonds is 2. The minimum absolute atomic E-state index is 0.110. The Morgan fingerprint density at radius 1 is 1.42 bits per heavy atom. The number of hydrogen-bond donors (Lipinski definition) is 2. The molecule has 3 rings (SSSR count). The number of likely N-dealkylation sites (tertiary alicyclic amines) is 1. The molecule has 1 amide bonds. The molecule has 1 aliphatic carbocycles. The molecule has 1 saturated heterocycles. The molecular formula is C13H17N3O3. The summed E-state index contributed by atoms with van der Waals surface area (Å²) in [5, 5.41) is 9.46. The number of aliphatic hydroxyl groups is 1. The van der Waals surface area contributed by atoms with Gasteiger partial charge in [-0.05, 0) is 26.2 Å². The monoisotopic (exact) mass is 263 g/mol. The van der Waals surface area contributed by atoms with Gasteiger partial charge in [0.15, 0.2) is 0 Å². The molecule has 6 heteroatoms. The average molecular weight is 263 g/mol. The minimum Gasteiger partial charge on any atom is -0.391 e. The maximum absolute atomic E-state index is 12.3. The number of carbonyl (C=O) groups excluding carboxylic acids is 1. The Bertz CT molecular complexity index is 577. The molecule has 1 aromatic heterocycles. The highest BCUT2D eigenvalue weighted by Gasteiger charge is 2.31. The highest BCUT2D eigenvalue weighted by Crippen LogP contribution is 2.37. The molecule has 6 nitrogen and oxygen atoms in total. The van der Waals surface area contributed by atoms with Crippen LogP contribution in [0.1, 0.15) is 47.1 Å². The van der Waals surface area contributed by atoms with E-state index in [0.29, 0.717) is 36.9 Å². The van der Waals surface area contributed by atoms with E-state index >= 15 is 0 Å². The predicted molar refractivity (Wildman–Crippen MR) is 68.1 cm³/mol. The van der Waals surface area contributed by atoms with Crippen molar-refractivity contribution in [2.75, 3.05) is 13.1 Å². The predicted octanol–water partition coefficient (Wildman–Crippen LogP) is 0.163. The standard InChI is InChI=1S/C13H17N3O3/c1-7-10(13(19)16-5-4-9(17)6-16)12(18)15-11(14-7)8-2-3-8/h8-9,17H,2-6H2,1H3,(H,14,15,18). The topological polar surface area (TPSA) is 86.3 Å². The fourth-order valence-corrected chi connectivity index (χ4v) is 2.49. The molecule has 1 atom stereocenters. The van der Waals surface area contributed by atoms with Crippen molar-refractivity contribution in [2.24, 2.45) is 0 Å². The molecule has 1 aromatic rings. The molecule has 0 radical (unpaired) electrons. The lowest BCUT2D eigenvalue weighted by Gasteiger charge is -2.16. The smallest absolute Gasteiger partial charge is 0.264 e. The van der Waals surface area contributed by atoms with E-state index in [1.165, 1.54) is 4.90 Å². The first-order chi connectivity index (χ1) is 9.06. The fraction of sp³-hybridized carbons (Fsp3) is 0.615. The third-order valence-electron chi connectivity index (χ3n) is 3.75. The van der Waals surface area contributed by atoms with Crippen molar-refractivity contribution in [1.82, 2.24) is 14.9 Å². The summed E-state index contributed by atoms with van der Waals surface area (Å²) in [6.45, 7) is 2.48. The Labute approximate surface area is 110 Å². The molecule has 0 spiro atoms. The van der Waals surface area contributed by atoms with Crippen molar-refractivity contribution >= 4 is 5.91 Å². The van der Waals surface area contributed by atoms with Crippen LogP contribution in [-0.2, 0) is 0 Å². The number of amides is 1. The molecule has 1 aliphatic heterocycles. The normalized spacial score (nSPS) is 22.8. The summed E-state index contributed by atoms with van der Waals surface area (Å²) in [5.74, 6) is 0.717. The Morgan fingerprint density at radius 3 is 2.68 bits per heavy atom. The van der Waals surface area contributed by atoms with Gasteiger partial charge in [0, 0.05) is 19.0 Å². The van der Waals surface area contributed by atoms with Crippen molar-refractivity contribution in [2.45, 2.75) is 38.2 Å². The Balaban J connectivity index is 1.91. The summed E-state index contributed by atoms with van der Waals surface area (Å²) in [5.41, 5.74) is 0.233. The lowest BCUT2D eigenvalue weighted by Crippen LogP contribution is -2.35. The number of carbonyl (C=O) groups is 1. The Morgan fingerprint density at radius 2 is 2.16 bits per heavy atom. The number of hydrogen-bond acceptors (Lipinski definition) is 4. The zero-order valence-electron chi connectivity index (χ0n) is 10.8. The quantitative estimate of drug-likeness (QED) is 0.796. The largest absolute Gasteiger partial charge is 0.391 e. The maximum Gasteiger partial charge on any atom is 0.264 e. The highest BCUT2D eigenvalue weighted by molar-refractivity contribution is 5.95. The van der Waals surface area contributed by atoms with Crippen LogP contribution in [0.4, 0.5) is 0 Å². The third kappa shape index (κ3) is 2.28. The van der Waals surface area contributed by atoms with Crippen LogP contribution in [0.15, 0.2) is 4.79 Å². The molecule has 2 heterocycles. The van der Waals surface area contributed by atoms with Crippen molar-refractivity contribution in [1.29, 1.82) is 0 Å². The van der Waals surface area contributed by atoms with Gasteiger partial charge in [-0.2, -0.15) is 0 Å².